The van der Waals surface area contributed by atoms with Crippen LogP contribution in [0.5, 0.6) is 0 Å². The van der Waals surface area contributed by atoms with Gasteiger partial charge in [-0.2, -0.15) is 5.10 Å². The Bertz CT molecular complexity index is 544. The molecule has 1 fully saturated rings. The van der Waals surface area contributed by atoms with Crippen molar-refractivity contribution in [2.24, 2.45) is 0 Å². The fraction of sp³-hybridized carbons (Fsp3) is 0.643. The Morgan fingerprint density at radius 3 is 2.68 bits per heavy atom. The predicted octanol–water partition coefficient (Wildman–Crippen LogP) is 0.744. The Kier molecular flexibility index (Phi) is 3.36. The number of aromatic nitrogens is 2. The van der Waals surface area contributed by atoms with Gasteiger partial charge in [-0.3, -0.25) is 9.59 Å². The highest BCUT2D eigenvalue weighted by Gasteiger charge is 2.20. The molecule has 0 atom stereocenters. The maximum absolute atomic E-state index is 12.1. The zero-order valence-corrected chi connectivity index (χ0v) is 11.1. The average molecular weight is 261 g/mol. The molecule has 3 rings (SSSR count). The third kappa shape index (κ3) is 2.55. The van der Waals surface area contributed by atoms with E-state index in [-0.39, 0.29) is 18.0 Å². The summed E-state index contributed by atoms with van der Waals surface area (Å²) < 4.78 is 1.34. The standard InChI is InChI=1S/C14H19N3O2/c18-13-9-11-5-1-2-6-12(11)15-17(13)10-14(19)16-7-3-4-8-16/h9H,1-8,10H2. The highest BCUT2D eigenvalue weighted by molar-refractivity contribution is 5.76. The van der Waals surface area contributed by atoms with E-state index in [0.29, 0.717) is 0 Å². The van der Waals surface area contributed by atoms with Crippen LogP contribution in [0.25, 0.3) is 0 Å². The van der Waals surface area contributed by atoms with Crippen molar-refractivity contribution in [3.63, 3.8) is 0 Å². The second kappa shape index (κ2) is 5.15. The molecule has 2 heterocycles. The molecular weight excluding hydrogens is 242 g/mol. The van der Waals surface area contributed by atoms with Gasteiger partial charge in [0, 0.05) is 19.2 Å². The summed E-state index contributed by atoms with van der Waals surface area (Å²) in [6.07, 6.45) is 6.26. The molecule has 0 unspecified atom stereocenters. The summed E-state index contributed by atoms with van der Waals surface area (Å²) in [5.41, 5.74) is 1.93. The smallest absolute Gasteiger partial charge is 0.267 e. The zero-order chi connectivity index (χ0) is 13.2. The summed E-state index contributed by atoms with van der Waals surface area (Å²) in [4.78, 5) is 25.9. The van der Waals surface area contributed by atoms with Crippen LogP contribution in [-0.4, -0.2) is 33.7 Å². The van der Waals surface area contributed by atoms with E-state index in [2.05, 4.69) is 5.10 Å². The van der Waals surface area contributed by atoms with Gasteiger partial charge in [0.25, 0.3) is 5.56 Å². The lowest BCUT2D eigenvalue weighted by Gasteiger charge is -2.18. The van der Waals surface area contributed by atoms with Gasteiger partial charge in [-0.25, -0.2) is 4.68 Å². The van der Waals surface area contributed by atoms with Crippen molar-refractivity contribution >= 4 is 5.91 Å². The van der Waals surface area contributed by atoms with Gasteiger partial charge in [0.2, 0.25) is 5.91 Å². The molecule has 2 aliphatic rings. The number of nitrogens with zero attached hydrogens (tertiary/aromatic N) is 3. The highest BCUT2D eigenvalue weighted by atomic mass is 16.2. The normalized spacial score (nSPS) is 18.4. The van der Waals surface area contributed by atoms with Crippen molar-refractivity contribution < 1.29 is 4.79 Å². The lowest BCUT2D eigenvalue weighted by atomic mass is 9.97. The summed E-state index contributed by atoms with van der Waals surface area (Å²) in [6.45, 7) is 1.73. The lowest BCUT2D eigenvalue weighted by molar-refractivity contribution is -0.131. The van der Waals surface area contributed by atoms with Gasteiger partial charge in [0.15, 0.2) is 0 Å². The molecular formula is C14H19N3O2. The molecule has 5 heteroatoms. The first-order valence-electron chi connectivity index (χ1n) is 7.12. The Labute approximate surface area is 112 Å². The molecule has 19 heavy (non-hydrogen) atoms. The Morgan fingerprint density at radius 1 is 1.16 bits per heavy atom. The molecule has 1 aliphatic carbocycles. The minimum atomic E-state index is -0.145. The number of aryl methyl sites for hydroxylation is 2. The SMILES string of the molecule is O=C(Cn1nc2c(cc1=O)CCCC2)N1CCCC1. The van der Waals surface area contributed by atoms with E-state index in [1.54, 1.807) is 6.07 Å². The molecule has 0 N–H and O–H groups in total. The van der Waals surface area contributed by atoms with Crippen LogP contribution in [0.2, 0.25) is 0 Å². The first kappa shape index (κ1) is 12.4. The first-order valence-corrected chi connectivity index (χ1v) is 7.12. The van der Waals surface area contributed by atoms with E-state index >= 15 is 0 Å². The predicted molar refractivity (Wildman–Crippen MR) is 71.0 cm³/mol. The molecule has 0 radical (unpaired) electrons. The van der Waals surface area contributed by atoms with Gasteiger partial charge in [0.1, 0.15) is 6.54 Å². The van der Waals surface area contributed by atoms with Gasteiger partial charge in [-0.15, -0.1) is 0 Å². The Balaban J connectivity index is 1.80. The first-order chi connectivity index (χ1) is 9.24. The summed E-state index contributed by atoms with van der Waals surface area (Å²) in [7, 11) is 0. The minimum Gasteiger partial charge on any atom is -0.341 e. The second-order valence-electron chi connectivity index (χ2n) is 5.41. The zero-order valence-electron chi connectivity index (χ0n) is 11.1. The largest absolute Gasteiger partial charge is 0.341 e. The number of fused-ring (bicyclic) bond motifs is 1. The van der Waals surface area contributed by atoms with Gasteiger partial charge in [-0.05, 0) is 44.1 Å². The van der Waals surface area contributed by atoms with Gasteiger partial charge in [-0.1, -0.05) is 0 Å². The van der Waals surface area contributed by atoms with Crippen molar-refractivity contribution in [2.75, 3.05) is 13.1 Å². The monoisotopic (exact) mass is 261 g/mol. The van der Waals surface area contributed by atoms with Crippen molar-refractivity contribution in [1.82, 2.24) is 14.7 Å². The fourth-order valence-corrected chi connectivity index (χ4v) is 2.91. The molecule has 1 saturated heterocycles. The van der Waals surface area contributed by atoms with Crippen LogP contribution in [0.3, 0.4) is 0 Å². The third-order valence-electron chi connectivity index (χ3n) is 4.02. The number of hydrogen-bond acceptors (Lipinski definition) is 3. The molecule has 102 valence electrons. The lowest BCUT2D eigenvalue weighted by Crippen LogP contribution is -2.36. The molecule has 1 aromatic rings. The molecule has 0 spiro atoms. The number of hydrogen-bond donors (Lipinski definition) is 0. The van der Waals surface area contributed by atoms with Crippen LogP contribution in [0, 0.1) is 0 Å². The molecule has 5 nitrogen and oxygen atoms in total. The molecule has 1 aromatic heterocycles. The fourth-order valence-electron chi connectivity index (χ4n) is 2.91. The molecule has 1 aliphatic heterocycles. The molecule has 0 aromatic carbocycles. The molecule has 0 saturated carbocycles. The maximum Gasteiger partial charge on any atom is 0.267 e. The van der Waals surface area contributed by atoms with Gasteiger partial charge < -0.3 is 4.90 Å². The van der Waals surface area contributed by atoms with Gasteiger partial charge in [0.05, 0.1) is 5.69 Å². The van der Waals surface area contributed by atoms with Crippen molar-refractivity contribution in [3.8, 4) is 0 Å². The quantitative estimate of drug-likeness (QED) is 0.789. The second-order valence-corrected chi connectivity index (χ2v) is 5.41. The van der Waals surface area contributed by atoms with Crippen molar-refractivity contribution in [1.29, 1.82) is 0 Å². The van der Waals surface area contributed by atoms with E-state index in [0.717, 1.165) is 62.9 Å². The van der Waals surface area contributed by atoms with Crippen LogP contribution < -0.4 is 5.56 Å². The minimum absolute atomic E-state index is 0.0165. The van der Waals surface area contributed by atoms with E-state index in [1.165, 1.54) is 4.68 Å². The van der Waals surface area contributed by atoms with E-state index in [4.69, 9.17) is 0 Å². The summed E-state index contributed by atoms with van der Waals surface area (Å²) >= 11 is 0. The number of carbonyl (C=O) groups excluding carboxylic acids is 1. The Morgan fingerprint density at radius 2 is 1.89 bits per heavy atom. The third-order valence-corrected chi connectivity index (χ3v) is 4.02. The van der Waals surface area contributed by atoms with Crippen LogP contribution in [0.1, 0.15) is 36.9 Å². The van der Waals surface area contributed by atoms with E-state index in [9.17, 15) is 9.59 Å². The maximum atomic E-state index is 12.1. The van der Waals surface area contributed by atoms with Crippen LogP contribution in [0.15, 0.2) is 10.9 Å². The van der Waals surface area contributed by atoms with Gasteiger partial charge >= 0.3 is 0 Å². The van der Waals surface area contributed by atoms with Crippen LogP contribution in [0.4, 0.5) is 0 Å². The number of carbonyl (C=O) groups is 1. The number of likely N-dealkylation sites (tertiary alicyclic amines) is 1. The highest BCUT2D eigenvalue weighted by Crippen LogP contribution is 2.17. The number of amides is 1. The number of rotatable bonds is 2. The Hall–Kier alpha value is -1.65. The molecule has 1 amide bonds. The van der Waals surface area contributed by atoms with Crippen LogP contribution in [-0.2, 0) is 24.2 Å². The van der Waals surface area contributed by atoms with Crippen molar-refractivity contribution in [3.05, 3.63) is 27.7 Å². The summed E-state index contributed by atoms with van der Waals surface area (Å²) in [6, 6.07) is 1.67. The van der Waals surface area contributed by atoms with Crippen LogP contribution >= 0.6 is 0 Å². The topological polar surface area (TPSA) is 55.2 Å². The van der Waals surface area contributed by atoms with E-state index < -0.39 is 0 Å². The molecule has 0 bridgehead atoms. The van der Waals surface area contributed by atoms with E-state index in [1.807, 2.05) is 4.90 Å². The average Bonchev–Trinajstić information content (AvgIpc) is 2.93. The summed E-state index contributed by atoms with van der Waals surface area (Å²) in [5.74, 6) is 0.0165. The van der Waals surface area contributed by atoms with Crippen molar-refractivity contribution in [2.45, 2.75) is 45.1 Å². The summed E-state index contributed by atoms with van der Waals surface area (Å²) in [5, 5.41) is 4.38.